The van der Waals surface area contributed by atoms with Crippen LogP contribution >= 0.6 is 15.9 Å². The lowest BCUT2D eigenvalue weighted by molar-refractivity contribution is -0.140. The number of amides is 2. The van der Waals surface area contributed by atoms with Gasteiger partial charge in [-0.2, -0.15) is 0 Å². The third-order valence-corrected chi connectivity index (χ3v) is 6.49. The van der Waals surface area contributed by atoms with E-state index in [0.717, 1.165) is 52.4 Å². The van der Waals surface area contributed by atoms with Gasteiger partial charge in [-0.3, -0.25) is 9.59 Å². The Morgan fingerprint density at radius 3 is 2.35 bits per heavy atom. The van der Waals surface area contributed by atoms with Crippen molar-refractivity contribution in [3.8, 4) is 0 Å². The van der Waals surface area contributed by atoms with Gasteiger partial charge in [-0.15, -0.1) is 0 Å². The maximum absolute atomic E-state index is 13.4. The normalized spacial score (nSPS) is 15.4. The number of benzene rings is 2. The number of carbonyl (C=O) groups is 2. The topological polar surface area (TPSA) is 49.4 Å². The molecule has 2 amide bonds. The highest BCUT2D eigenvalue weighted by Gasteiger charge is 2.28. The zero-order valence-electron chi connectivity index (χ0n) is 18.8. The van der Waals surface area contributed by atoms with Crippen LogP contribution in [0.1, 0.15) is 61.3 Å². The summed E-state index contributed by atoms with van der Waals surface area (Å²) in [7, 11) is 0. The zero-order chi connectivity index (χ0) is 22.4. The predicted molar refractivity (Wildman–Crippen MR) is 129 cm³/mol. The third kappa shape index (κ3) is 6.93. The Bertz CT molecular complexity index is 901. The Balaban J connectivity index is 1.78. The molecule has 166 valence electrons. The van der Waals surface area contributed by atoms with Crippen molar-refractivity contribution in [3.05, 3.63) is 69.2 Å². The molecule has 0 unspecified atom stereocenters. The minimum atomic E-state index is -0.528. The first-order valence-corrected chi connectivity index (χ1v) is 12.0. The van der Waals surface area contributed by atoms with Crippen molar-refractivity contribution in [3.63, 3.8) is 0 Å². The lowest BCUT2D eigenvalue weighted by Gasteiger charge is -2.31. The standard InChI is InChI=1S/C26H33BrN2O2/c1-18-12-19(2)14-22(13-18)16-25(30)29(17-21-8-7-9-23(27)15-21)20(3)26(31)28-24-10-5-4-6-11-24/h7-9,12-15,20,24H,4-6,10-11,16-17H2,1-3H3,(H,28,31)/t20-/m1/s1. The number of carbonyl (C=O) groups excluding carboxylic acids is 2. The summed E-state index contributed by atoms with van der Waals surface area (Å²) < 4.78 is 0.964. The average molecular weight is 485 g/mol. The van der Waals surface area contributed by atoms with Gasteiger partial charge < -0.3 is 10.2 Å². The molecule has 1 aliphatic carbocycles. The van der Waals surface area contributed by atoms with Gasteiger partial charge in [-0.1, -0.05) is 76.7 Å². The molecule has 5 heteroatoms. The summed E-state index contributed by atoms with van der Waals surface area (Å²) in [6, 6.07) is 13.8. The molecule has 0 radical (unpaired) electrons. The van der Waals surface area contributed by atoms with Crippen LogP contribution in [0.4, 0.5) is 0 Å². The van der Waals surface area contributed by atoms with Gasteiger partial charge in [0.25, 0.3) is 0 Å². The van der Waals surface area contributed by atoms with E-state index in [0.29, 0.717) is 6.54 Å². The summed E-state index contributed by atoms with van der Waals surface area (Å²) >= 11 is 3.51. The molecule has 0 spiro atoms. The number of nitrogens with zero attached hydrogens (tertiary/aromatic N) is 1. The first kappa shape index (κ1) is 23.5. The second kappa shape index (κ2) is 10.9. The Kier molecular flexibility index (Phi) is 8.30. The van der Waals surface area contributed by atoms with Gasteiger partial charge in [0, 0.05) is 17.1 Å². The number of hydrogen-bond acceptors (Lipinski definition) is 2. The lowest BCUT2D eigenvalue weighted by Crippen LogP contribution is -2.50. The highest BCUT2D eigenvalue weighted by atomic mass is 79.9. The SMILES string of the molecule is Cc1cc(C)cc(CC(=O)N(Cc2cccc(Br)c2)[C@H](C)C(=O)NC2CCCCC2)c1. The second-order valence-electron chi connectivity index (χ2n) is 8.84. The van der Waals surface area contributed by atoms with Gasteiger partial charge >= 0.3 is 0 Å². The van der Waals surface area contributed by atoms with Gasteiger partial charge in [0.1, 0.15) is 6.04 Å². The van der Waals surface area contributed by atoms with Crippen molar-refractivity contribution in [2.45, 2.75) is 77.9 Å². The fourth-order valence-electron chi connectivity index (χ4n) is 4.43. The fraction of sp³-hybridized carbons (Fsp3) is 0.462. The summed E-state index contributed by atoms with van der Waals surface area (Å²) in [5, 5.41) is 3.19. The van der Waals surface area contributed by atoms with Crippen LogP contribution in [0.15, 0.2) is 46.9 Å². The molecule has 4 nitrogen and oxygen atoms in total. The van der Waals surface area contributed by atoms with Crippen molar-refractivity contribution >= 4 is 27.7 Å². The van der Waals surface area contributed by atoms with Gasteiger partial charge in [-0.05, 0) is 56.9 Å². The van der Waals surface area contributed by atoms with E-state index in [9.17, 15) is 9.59 Å². The van der Waals surface area contributed by atoms with Crippen molar-refractivity contribution in [2.24, 2.45) is 0 Å². The van der Waals surface area contributed by atoms with E-state index in [1.165, 1.54) is 6.42 Å². The second-order valence-corrected chi connectivity index (χ2v) is 9.76. The van der Waals surface area contributed by atoms with E-state index < -0.39 is 6.04 Å². The van der Waals surface area contributed by atoms with E-state index in [4.69, 9.17) is 0 Å². The molecule has 1 saturated carbocycles. The van der Waals surface area contributed by atoms with Crippen LogP contribution in [0.2, 0.25) is 0 Å². The van der Waals surface area contributed by atoms with Crippen LogP contribution in [0.5, 0.6) is 0 Å². The van der Waals surface area contributed by atoms with Crippen molar-refractivity contribution in [1.82, 2.24) is 10.2 Å². The van der Waals surface area contributed by atoms with Crippen LogP contribution in [0.25, 0.3) is 0 Å². The molecule has 1 atom stereocenters. The molecule has 0 heterocycles. The van der Waals surface area contributed by atoms with Gasteiger partial charge in [-0.25, -0.2) is 0 Å². The van der Waals surface area contributed by atoms with Gasteiger partial charge in [0.05, 0.1) is 6.42 Å². The van der Waals surface area contributed by atoms with Crippen LogP contribution < -0.4 is 5.32 Å². The average Bonchev–Trinajstić information content (AvgIpc) is 2.71. The molecular weight excluding hydrogens is 452 g/mol. The van der Waals surface area contributed by atoms with Crippen LogP contribution in [0.3, 0.4) is 0 Å². The predicted octanol–water partition coefficient (Wildman–Crippen LogP) is 5.47. The molecule has 0 bridgehead atoms. The number of aryl methyl sites for hydroxylation is 2. The van der Waals surface area contributed by atoms with Crippen LogP contribution in [-0.4, -0.2) is 28.8 Å². The highest BCUT2D eigenvalue weighted by Crippen LogP contribution is 2.20. The highest BCUT2D eigenvalue weighted by molar-refractivity contribution is 9.10. The number of halogens is 1. The van der Waals surface area contributed by atoms with Crippen molar-refractivity contribution in [1.29, 1.82) is 0 Å². The largest absolute Gasteiger partial charge is 0.352 e. The summed E-state index contributed by atoms with van der Waals surface area (Å²) in [5.41, 5.74) is 4.27. The molecule has 1 fully saturated rings. The van der Waals surface area contributed by atoms with Crippen LogP contribution in [-0.2, 0) is 22.6 Å². The summed E-state index contributed by atoms with van der Waals surface area (Å²) in [4.78, 5) is 28.2. The third-order valence-electron chi connectivity index (χ3n) is 6.00. The molecule has 2 aromatic rings. The molecule has 1 N–H and O–H groups in total. The van der Waals surface area contributed by atoms with Gasteiger partial charge in [0.15, 0.2) is 0 Å². The summed E-state index contributed by atoms with van der Waals surface area (Å²) in [5.74, 6) is -0.0908. The van der Waals surface area contributed by atoms with E-state index in [-0.39, 0.29) is 24.3 Å². The van der Waals surface area contributed by atoms with Crippen molar-refractivity contribution in [2.75, 3.05) is 0 Å². The quantitative estimate of drug-likeness (QED) is 0.565. The number of rotatable bonds is 7. The Morgan fingerprint density at radius 1 is 1.03 bits per heavy atom. The Morgan fingerprint density at radius 2 is 1.71 bits per heavy atom. The molecule has 2 aromatic carbocycles. The van der Waals surface area contributed by atoms with Crippen LogP contribution in [0, 0.1) is 13.8 Å². The minimum absolute atomic E-state index is 0.0312. The minimum Gasteiger partial charge on any atom is -0.352 e. The number of hydrogen-bond donors (Lipinski definition) is 1. The molecule has 31 heavy (non-hydrogen) atoms. The molecule has 1 aliphatic rings. The zero-order valence-corrected chi connectivity index (χ0v) is 20.4. The maximum Gasteiger partial charge on any atom is 0.242 e. The molecule has 0 saturated heterocycles. The monoisotopic (exact) mass is 484 g/mol. The molecule has 3 rings (SSSR count). The summed E-state index contributed by atoms with van der Waals surface area (Å²) in [6.45, 7) is 6.33. The Labute approximate surface area is 194 Å². The maximum atomic E-state index is 13.4. The smallest absolute Gasteiger partial charge is 0.242 e. The molecule has 0 aliphatic heterocycles. The molecular formula is C26H33BrN2O2. The lowest BCUT2D eigenvalue weighted by atomic mass is 9.95. The first-order chi connectivity index (χ1) is 14.8. The number of nitrogens with one attached hydrogen (secondary N) is 1. The van der Waals surface area contributed by atoms with E-state index in [2.05, 4.69) is 39.4 Å². The fourth-order valence-corrected chi connectivity index (χ4v) is 4.88. The first-order valence-electron chi connectivity index (χ1n) is 11.2. The summed E-state index contributed by atoms with van der Waals surface area (Å²) in [6.07, 6.45) is 5.91. The van der Waals surface area contributed by atoms with E-state index in [1.54, 1.807) is 4.90 Å². The van der Waals surface area contributed by atoms with Crippen molar-refractivity contribution < 1.29 is 9.59 Å². The van der Waals surface area contributed by atoms with E-state index >= 15 is 0 Å². The Hall–Kier alpha value is -2.14. The van der Waals surface area contributed by atoms with Gasteiger partial charge in [0.2, 0.25) is 11.8 Å². The molecule has 0 aromatic heterocycles. The van der Waals surface area contributed by atoms with E-state index in [1.807, 2.05) is 45.0 Å².